The summed E-state index contributed by atoms with van der Waals surface area (Å²) in [7, 11) is 0. The average molecular weight is 237 g/mol. The lowest BCUT2D eigenvalue weighted by molar-refractivity contribution is 0.0674. The van der Waals surface area contributed by atoms with E-state index >= 15 is 0 Å². The molecule has 0 amide bonds. The third kappa shape index (κ3) is 4.67. The molecule has 0 spiro atoms. The maximum absolute atomic E-state index is 4.02. The molecular weight excluding hydrogens is 206 g/mol. The van der Waals surface area contributed by atoms with E-state index in [0.29, 0.717) is 11.6 Å². The van der Waals surface area contributed by atoms with Gasteiger partial charge in [0.25, 0.3) is 0 Å². The summed E-state index contributed by atoms with van der Waals surface area (Å²) in [5.74, 6) is 0. The summed E-state index contributed by atoms with van der Waals surface area (Å²) in [6.45, 7) is 16.5. The van der Waals surface area contributed by atoms with Crippen LogP contribution in [0.15, 0.2) is 24.8 Å². The molecule has 0 saturated heterocycles. The zero-order valence-electron chi connectivity index (χ0n) is 12.5. The van der Waals surface area contributed by atoms with Gasteiger partial charge in [0, 0.05) is 11.6 Å². The molecule has 0 bridgehead atoms. The number of nitrogens with zero attached hydrogens (tertiary/aromatic N) is 1. The van der Waals surface area contributed by atoms with E-state index in [1.54, 1.807) is 0 Å². The Bertz CT molecular complexity index is 226. The Morgan fingerprint density at radius 1 is 1.24 bits per heavy atom. The molecule has 1 nitrogen and oxygen atoms in total. The van der Waals surface area contributed by atoms with E-state index in [-0.39, 0.29) is 0 Å². The molecule has 1 unspecified atom stereocenters. The Labute approximate surface area is 109 Å². The van der Waals surface area contributed by atoms with Crippen LogP contribution in [0.25, 0.3) is 0 Å². The van der Waals surface area contributed by atoms with Crippen LogP contribution < -0.4 is 0 Å². The van der Waals surface area contributed by atoms with Crippen molar-refractivity contribution in [3.63, 3.8) is 0 Å². The second-order valence-electron chi connectivity index (χ2n) is 5.01. The summed E-state index contributed by atoms with van der Waals surface area (Å²) in [6.07, 6.45) is 11.2. The summed E-state index contributed by atoms with van der Waals surface area (Å²) in [4.78, 5) is 2.64. The quantitative estimate of drug-likeness (QED) is 0.521. The van der Waals surface area contributed by atoms with Crippen molar-refractivity contribution in [3.8, 4) is 0 Å². The van der Waals surface area contributed by atoms with Gasteiger partial charge >= 0.3 is 0 Å². The lowest BCUT2D eigenvalue weighted by Crippen LogP contribution is -2.50. The first-order valence-corrected chi connectivity index (χ1v) is 7.10. The van der Waals surface area contributed by atoms with Gasteiger partial charge in [0.1, 0.15) is 0 Å². The van der Waals surface area contributed by atoms with Gasteiger partial charge in [0.05, 0.1) is 0 Å². The monoisotopic (exact) mass is 237 g/mol. The lowest BCUT2D eigenvalue weighted by Gasteiger charge is -2.44. The minimum atomic E-state index is 0.302. The third-order valence-electron chi connectivity index (χ3n) is 3.97. The van der Waals surface area contributed by atoms with E-state index in [4.69, 9.17) is 0 Å². The highest BCUT2D eigenvalue weighted by molar-refractivity contribution is 4.99. The van der Waals surface area contributed by atoms with Crippen molar-refractivity contribution in [2.24, 2.45) is 0 Å². The fourth-order valence-electron chi connectivity index (χ4n) is 2.36. The van der Waals surface area contributed by atoms with Gasteiger partial charge in [-0.2, -0.15) is 0 Å². The van der Waals surface area contributed by atoms with Gasteiger partial charge < -0.3 is 0 Å². The molecule has 0 aromatic rings. The van der Waals surface area contributed by atoms with Gasteiger partial charge in [-0.05, 0) is 46.1 Å². The molecule has 1 atom stereocenters. The molecule has 0 radical (unpaired) electrons. The van der Waals surface area contributed by atoms with Crippen molar-refractivity contribution in [1.29, 1.82) is 0 Å². The van der Waals surface area contributed by atoms with Crippen molar-refractivity contribution in [2.75, 3.05) is 6.54 Å². The molecule has 0 aromatic carbocycles. The van der Waals surface area contributed by atoms with Crippen LogP contribution in [0.5, 0.6) is 0 Å². The van der Waals surface area contributed by atoms with Crippen molar-refractivity contribution < 1.29 is 0 Å². The summed E-state index contributed by atoms with van der Waals surface area (Å²) < 4.78 is 0. The fourth-order valence-corrected chi connectivity index (χ4v) is 2.36. The number of hydrogen-bond donors (Lipinski definition) is 0. The average Bonchev–Trinajstić information content (AvgIpc) is 2.37. The fraction of sp³-hybridized carbons (Fsp3) is 0.750. The molecule has 0 aliphatic rings. The lowest BCUT2D eigenvalue weighted by atomic mass is 9.90. The van der Waals surface area contributed by atoms with Crippen LogP contribution in [0.4, 0.5) is 0 Å². The summed E-state index contributed by atoms with van der Waals surface area (Å²) in [5.41, 5.74) is 0.302. The summed E-state index contributed by atoms with van der Waals surface area (Å²) in [6, 6.07) is 0.469. The Balaban J connectivity index is 4.95. The molecular formula is C16H31N. The van der Waals surface area contributed by atoms with Gasteiger partial charge in [0.2, 0.25) is 0 Å². The van der Waals surface area contributed by atoms with Crippen molar-refractivity contribution in [2.45, 2.75) is 71.9 Å². The third-order valence-corrected chi connectivity index (χ3v) is 3.97. The van der Waals surface area contributed by atoms with Crippen molar-refractivity contribution >= 4 is 0 Å². The molecule has 1 heteroatoms. The zero-order valence-corrected chi connectivity index (χ0v) is 12.5. The van der Waals surface area contributed by atoms with Crippen LogP contribution in [0.3, 0.4) is 0 Å². The topological polar surface area (TPSA) is 3.24 Å². The maximum atomic E-state index is 4.02. The van der Waals surface area contributed by atoms with Gasteiger partial charge in [-0.3, -0.25) is 4.90 Å². The Kier molecular flexibility index (Phi) is 8.24. The van der Waals surface area contributed by atoms with Gasteiger partial charge in [-0.25, -0.2) is 0 Å². The van der Waals surface area contributed by atoms with Crippen LogP contribution in [-0.4, -0.2) is 23.0 Å². The van der Waals surface area contributed by atoms with Gasteiger partial charge in [-0.15, -0.1) is 6.58 Å². The minimum absolute atomic E-state index is 0.302. The van der Waals surface area contributed by atoms with E-state index < -0.39 is 0 Å². The normalized spacial score (nSPS) is 14.5. The van der Waals surface area contributed by atoms with E-state index in [1.165, 1.54) is 19.3 Å². The van der Waals surface area contributed by atoms with Crippen LogP contribution in [0.1, 0.15) is 60.3 Å². The molecule has 0 aliphatic heterocycles. The Morgan fingerprint density at radius 2 is 1.82 bits per heavy atom. The standard InChI is InChI=1S/C16H31N/c1-7-12-13-15(9-3)17(14-8-2)16(6,10-4)11-5/h7,9,12,15H,3,8,10-11,13-14H2,1-2,4-6H3/b12-7-. The molecule has 0 fully saturated rings. The Hall–Kier alpha value is -0.560. The first-order valence-electron chi connectivity index (χ1n) is 7.10. The van der Waals surface area contributed by atoms with Gasteiger partial charge in [-0.1, -0.05) is 39.0 Å². The number of rotatable bonds is 9. The largest absolute Gasteiger partial charge is 0.291 e. The van der Waals surface area contributed by atoms with Crippen LogP contribution >= 0.6 is 0 Å². The zero-order chi connectivity index (χ0) is 13.3. The second kappa shape index (κ2) is 8.52. The van der Waals surface area contributed by atoms with Crippen molar-refractivity contribution in [1.82, 2.24) is 4.90 Å². The summed E-state index contributed by atoms with van der Waals surface area (Å²) >= 11 is 0. The molecule has 0 aliphatic carbocycles. The predicted molar refractivity (Wildman–Crippen MR) is 79.4 cm³/mol. The predicted octanol–water partition coefficient (Wildman–Crippen LogP) is 4.80. The van der Waals surface area contributed by atoms with Crippen LogP contribution in [0.2, 0.25) is 0 Å². The highest BCUT2D eigenvalue weighted by Crippen LogP contribution is 2.27. The molecule has 0 heterocycles. The maximum Gasteiger partial charge on any atom is 0.0315 e. The summed E-state index contributed by atoms with van der Waals surface area (Å²) in [5, 5.41) is 0. The highest BCUT2D eigenvalue weighted by atomic mass is 15.2. The molecule has 17 heavy (non-hydrogen) atoms. The molecule has 0 rings (SSSR count). The smallest absolute Gasteiger partial charge is 0.0315 e. The van der Waals surface area contributed by atoms with E-state index in [0.717, 1.165) is 13.0 Å². The van der Waals surface area contributed by atoms with E-state index in [1.807, 2.05) is 0 Å². The van der Waals surface area contributed by atoms with E-state index in [9.17, 15) is 0 Å². The SMILES string of the molecule is C=CC(C/C=C\C)N(CCC)C(C)(CC)CC. The van der Waals surface area contributed by atoms with Crippen LogP contribution in [-0.2, 0) is 0 Å². The molecule has 0 N–H and O–H groups in total. The Morgan fingerprint density at radius 3 is 2.18 bits per heavy atom. The van der Waals surface area contributed by atoms with E-state index in [2.05, 4.69) is 64.3 Å². The number of hydrogen-bond acceptors (Lipinski definition) is 1. The minimum Gasteiger partial charge on any atom is -0.291 e. The molecule has 0 aromatic heterocycles. The van der Waals surface area contributed by atoms with Gasteiger partial charge in [0.15, 0.2) is 0 Å². The second-order valence-corrected chi connectivity index (χ2v) is 5.01. The number of allylic oxidation sites excluding steroid dienone is 1. The van der Waals surface area contributed by atoms with Crippen LogP contribution in [0, 0.1) is 0 Å². The van der Waals surface area contributed by atoms with Crippen molar-refractivity contribution in [3.05, 3.63) is 24.8 Å². The highest BCUT2D eigenvalue weighted by Gasteiger charge is 2.31. The molecule has 0 saturated carbocycles. The first-order chi connectivity index (χ1) is 8.09. The first kappa shape index (κ1) is 16.4. The molecule has 100 valence electrons.